The smallest absolute Gasteiger partial charge is 0.326 e. The van der Waals surface area contributed by atoms with Crippen molar-refractivity contribution in [2.75, 3.05) is 25.5 Å². The van der Waals surface area contributed by atoms with Crippen LogP contribution in [0.4, 0.5) is 24.5 Å². The molecule has 0 aliphatic heterocycles. The maximum atomic E-state index is 13.1. The van der Waals surface area contributed by atoms with Crippen molar-refractivity contribution < 1.29 is 28.1 Å². The van der Waals surface area contributed by atoms with Gasteiger partial charge in [0.25, 0.3) is 4.92 Å². The van der Waals surface area contributed by atoms with Crippen LogP contribution in [0.5, 0.6) is 0 Å². The lowest BCUT2D eigenvalue weighted by Gasteiger charge is -2.15. The molecule has 2 N–H and O–H groups in total. The van der Waals surface area contributed by atoms with Crippen molar-refractivity contribution in [2.45, 2.75) is 96.6 Å². The van der Waals surface area contributed by atoms with Crippen molar-refractivity contribution in [1.82, 2.24) is 4.90 Å². The maximum Gasteiger partial charge on any atom is 0.423 e. The molecule has 34 heavy (non-hydrogen) atoms. The summed E-state index contributed by atoms with van der Waals surface area (Å²) in [5.41, 5.74) is -2.28. The van der Waals surface area contributed by atoms with Crippen molar-refractivity contribution in [3.05, 3.63) is 28.7 Å². The number of rotatable bonds is 18. The minimum absolute atomic E-state index is 0.0601. The molecular formula is C25H41F3N3O3+. The van der Waals surface area contributed by atoms with Gasteiger partial charge in [0.2, 0.25) is 5.91 Å². The van der Waals surface area contributed by atoms with Crippen LogP contribution in [0.1, 0.15) is 96.0 Å². The molecule has 0 heterocycles. The highest BCUT2D eigenvalue weighted by atomic mass is 19.4. The van der Waals surface area contributed by atoms with Crippen LogP contribution in [0.3, 0.4) is 0 Å². The van der Waals surface area contributed by atoms with Crippen LogP contribution in [0.15, 0.2) is 18.2 Å². The zero-order chi connectivity index (χ0) is 25.4. The van der Waals surface area contributed by atoms with Gasteiger partial charge in [-0.1, -0.05) is 64.7 Å². The van der Waals surface area contributed by atoms with E-state index in [-0.39, 0.29) is 18.0 Å². The van der Waals surface area contributed by atoms with E-state index in [1.54, 1.807) is 0 Å². The molecule has 0 saturated heterocycles. The average Bonchev–Trinajstić information content (AvgIpc) is 2.76. The van der Waals surface area contributed by atoms with Gasteiger partial charge in [0.1, 0.15) is 5.56 Å². The molecule has 0 fully saturated rings. The topological polar surface area (TPSA) is 72.7 Å². The lowest BCUT2D eigenvalue weighted by Crippen LogP contribution is -2.20. The Labute approximate surface area is 201 Å². The lowest BCUT2D eigenvalue weighted by molar-refractivity contribution is -0.730. The Bertz CT molecular complexity index is 742. The zero-order valence-corrected chi connectivity index (χ0v) is 20.6. The number of unbranched alkanes of at least 4 members (excludes halogenated alkanes) is 10. The molecule has 0 radical (unpaired) electrons. The van der Waals surface area contributed by atoms with Crippen molar-refractivity contribution in [3.8, 4) is 0 Å². The minimum Gasteiger partial charge on any atom is -0.326 e. The number of benzene rings is 1. The molecular weight excluding hydrogens is 447 g/mol. The SMILES string of the molecule is CCCCCN(C)CCCCCCCCCCCC(=O)Nc1ccc([N+](=O)O)c(C(F)(F)F)c1. The van der Waals surface area contributed by atoms with Crippen LogP contribution in [-0.4, -0.2) is 41.1 Å². The average molecular weight is 489 g/mol. The summed E-state index contributed by atoms with van der Waals surface area (Å²) < 4.78 is 39.2. The third-order valence-corrected chi connectivity index (χ3v) is 5.88. The Morgan fingerprint density at radius 3 is 2.00 bits per heavy atom. The largest absolute Gasteiger partial charge is 0.423 e. The van der Waals surface area contributed by atoms with Gasteiger partial charge < -0.3 is 10.2 Å². The van der Waals surface area contributed by atoms with Crippen molar-refractivity contribution >= 4 is 17.3 Å². The van der Waals surface area contributed by atoms with Crippen molar-refractivity contribution in [2.24, 2.45) is 0 Å². The molecule has 0 atom stereocenters. The summed E-state index contributed by atoms with van der Waals surface area (Å²) in [4.78, 5) is 24.5. The molecule has 6 nitrogen and oxygen atoms in total. The summed E-state index contributed by atoms with van der Waals surface area (Å²) in [6.07, 6.45) is 9.17. The second kappa shape index (κ2) is 16.5. The first-order chi connectivity index (χ1) is 16.1. The number of nitrogens with one attached hydrogen (secondary N) is 1. The second-order valence-electron chi connectivity index (χ2n) is 8.99. The van der Waals surface area contributed by atoms with Crippen LogP contribution in [0.2, 0.25) is 0 Å². The van der Waals surface area contributed by atoms with Crippen LogP contribution < -0.4 is 5.32 Å². The van der Waals surface area contributed by atoms with Gasteiger partial charge >= 0.3 is 11.9 Å². The fraction of sp³-hybridized carbons (Fsp3) is 0.720. The first-order valence-electron chi connectivity index (χ1n) is 12.5. The van der Waals surface area contributed by atoms with Gasteiger partial charge in [0.05, 0.1) is 4.91 Å². The zero-order valence-electron chi connectivity index (χ0n) is 20.6. The summed E-state index contributed by atoms with van der Waals surface area (Å²) in [6, 6.07) is 2.64. The number of carbonyl (C=O) groups excluding carboxylic acids is 1. The van der Waals surface area contributed by atoms with E-state index in [0.717, 1.165) is 31.4 Å². The number of halogens is 3. The van der Waals surface area contributed by atoms with E-state index in [1.807, 2.05) is 0 Å². The van der Waals surface area contributed by atoms with Gasteiger partial charge in [-0.05, 0) is 51.5 Å². The van der Waals surface area contributed by atoms with Gasteiger partial charge in [-0.3, -0.25) is 4.79 Å². The minimum atomic E-state index is -4.83. The quantitative estimate of drug-likeness (QED) is 0.166. The Morgan fingerprint density at radius 1 is 0.941 bits per heavy atom. The highest BCUT2D eigenvalue weighted by Gasteiger charge is 2.40. The summed E-state index contributed by atoms with van der Waals surface area (Å²) in [5, 5.41) is 11.3. The molecule has 1 amide bonds. The molecule has 1 aromatic carbocycles. The molecule has 0 aliphatic rings. The molecule has 0 bridgehead atoms. The lowest BCUT2D eigenvalue weighted by atomic mass is 10.1. The summed E-state index contributed by atoms with van der Waals surface area (Å²) >= 11 is 0. The van der Waals surface area contributed by atoms with Gasteiger partial charge in [0.15, 0.2) is 0 Å². The van der Waals surface area contributed by atoms with Gasteiger partial charge in [-0.25, -0.2) is 5.21 Å². The Morgan fingerprint density at radius 2 is 1.47 bits per heavy atom. The number of anilines is 1. The summed E-state index contributed by atoms with van der Waals surface area (Å²) in [7, 11) is 2.20. The van der Waals surface area contributed by atoms with E-state index in [0.29, 0.717) is 12.5 Å². The van der Waals surface area contributed by atoms with E-state index in [2.05, 4.69) is 24.2 Å². The van der Waals surface area contributed by atoms with Crippen LogP contribution in [0, 0.1) is 4.91 Å². The number of nitrogens with zero attached hydrogens (tertiary/aromatic N) is 2. The predicted molar refractivity (Wildman–Crippen MR) is 128 cm³/mol. The van der Waals surface area contributed by atoms with Crippen LogP contribution >= 0.6 is 0 Å². The van der Waals surface area contributed by atoms with Crippen LogP contribution in [0.25, 0.3) is 0 Å². The normalized spacial score (nSPS) is 11.7. The van der Waals surface area contributed by atoms with Gasteiger partial charge in [0, 0.05) is 18.2 Å². The van der Waals surface area contributed by atoms with E-state index < -0.39 is 22.4 Å². The molecule has 194 valence electrons. The van der Waals surface area contributed by atoms with Crippen molar-refractivity contribution in [1.29, 1.82) is 0 Å². The highest BCUT2D eigenvalue weighted by molar-refractivity contribution is 5.91. The highest BCUT2D eigenvalue weighted by Crippen LogP contribution is 2.37. The number of carbonyl (C=O) groups is 1. The monoisotopic (exact) mass is 488 g/mol. The summed E-state index contributed by atoms with van der Waals surface area (Å²) in [5.74, 6) is -0.372. The predicted octanol–water partition coefficient (Wildman–Crippen LogP) is 7.47. The van der Waals surface area contributed by atoms with Crippen molar-refractivity contribution in [3.63, 3.8) is 0 Å². The number of hydrogen-bond acceptors (Lipinski definition) is 3. The molecule has 0 aromatic heterocycles. The number of alkyl halides is 3. The van der Waals surface area contributed by atoms with Gasteiger partial charge in [-0.2, -0.15) is 13.2 Å². The number of amides is 1. The van der Waals surface area contributed by atoms with Crippen LogP contribution in [-0.2, 0) is 11.0 Å². The van der Waals surface area contributed by atoms with E-state index >= 15 is 0 Å². The Kier molecular flexibility index (Phi) is 14.5. The maximum absolute atomic E-state index is 13.1. The fourth-order valence-corrected chi connectivity index (χ4v) is 3.88. The molecule has 9 heteroatoms. The Balaban J connectivity index is 2.12. The first-order valence-corrected chi connectivity index (χ1v) is 12.5. The number of hydrogen-bond donors (Lipinski definition) is 2. The van der Waals surface area contributed by atoms with E-state index in [1.165, 1.54) is 64.5 Å². The Hall–Kier alpha value is -2.16. The fourth-order valence-electron chi connectivity index (χ4n) is 3.88. The summed E-state index contributed by atoms with van der Waals surface area (Å²) in [6.45, 7) is 4.59. The first kappa shape index (κ1) is 29.9. The van der Waals surface area contributed by atoms with E-state index in [4.69, 9.17) is 5.21 Å². The molecule has 1 rings (SSSR count). The third kappa shape index (κ3) is 12.9. The van der Waals surface area contributed by atoms with Gasteiger partial charge in [-0.15, -0.1) is 0 Å². The molecule has 1 aromatic rings. The second-order valence-corrected chi connectivity index (χ2v) is 8.99. The molecule has 0 unspecified atom stereocenters. The molecule has 0 spiro atoms. The van der Waals surface area contributed by atoms with E-state index in [9.17, 15) is 22.9 Å². The molecule has 0 saturated carbocycles. The molecule has 0 aliphatic carbocycles. The third-order valence-electron chi connectivity index (χ3n) is 5.88. The standard InChI is InChI=1S/C25H40F3N3O3/c1-3-4-13-18-30(2)19-14-11-9-7-5-6-8-10-12-15-24(32)29-21-16-17-23(31(33)34)22(20-21)25(26,27)28/h16-17,20H,3-15,18-19H2,1-2H3,(H-,29,32,33,34)/p+1.